The van der Waals surface area contributed by atoms with Gasteiger partial charge in [-0.3, -0.25) is 4.79 Å². The first-order chi connectivity index (χ1) is 8.18. The number of hydrogen-bond donors (Lipinski definition) is 2. The quantitative estimate of drug-likeness (QED) is 0.846. The minimum atomic E-state index is -0.811. The van der Waals surface area contributed by atoms with Gasteiger partial charge in [-0.05, 0) is 23.9 Å². The molecule has 1 aromatic carbocycles. The van der Waals surface area contributed by atoms with Crippen molar-refractivity contribution in [2.24, 2.45) is 0 Å². The van der Waals surface area contributed by atoms with Gasteiger partial charge in [-0.2, -0.15) is 0 Å². The summed E-state index contributed by atoms with van der Waals surface area (Å²) < 4.78 is 0. The van der Waals surface area contributed by atoms with Crippen molar-refractivity contribution in [2.45, 2.75) is 13.3 Å². The van der Waals surface area contributed by atoms with Crippen molar-refractivity contribution in [1.82, 2.24) is 4.98 Å². The van der Waals surface area contributed by atoms with Crippen LogP contribution in [0.15, 0.2) is 30.5 Å². The molecule has 2 rings (SSSR count). The van der Waals surface area contributed by atoms with Gasteiger partial charge in [-0.1, -0.05) is 18.2 Å². The van der Waals surface area contributed by atoms with Crippen molar-refractivity contribution in [3.63, 3.8) is 0 Å². The second-order valence-corrected chi connectivity index (χ2v) is 3.90. The SMILES string of the molecule is Cc1cccc2ccnc(NCCC(=O)O)c12. The fourth-order valence-corrected chi connectivity index (χ4v) is 1.83. The number of aryl methyl sites for hydroxylation is 1. The molecule has 2 aromatic rings. The van der Waals surface area contributed by atoms with E-state index in [0.717, 1.165) is 22.2 Å². The molecule has 4 heteroatoms. The van der Waals surface area contributed by atoms with Crippen molar-refractivity contribution < 1.29 is 9.90 Å². The fraction of sp³-hybridized carbons (Fsp3) is 0.231. The summed E-state index contributed by atoms with van der Waals surface area (Å²) in [5, 5.41) is 13.8. The lowest BCUT2D eigenvalue weighted by Crippen LogP contribution is -2.09. The van der Waals surface area contributed by atoms with E-state index < -0.39 is 5.97 Å². The van der Waals surface area contributed by atoms with E-state index in [9.17, 15) is 4.79 Å². The molecule has 2 N–H and O–H groups in total. The zero-order chi connectivity index (χ0) is 12.3. The largest absolute Gasteiger partial charge is 0.481 e. The summed E-state index contributed by atoms with van der Waals surface area (Å²) in [7, 11) is 0. The maximum absolute atomic E-state index is 10.5. The number of aliphatic carboxylic acids is 1. The molecule has 4 nitrogen and oxygen atoms in total. The van der Waals surface area contributed by atoms with Crippen LogP contribution in [0.5, 0.6) is 0 Å². The predicted molar refractivity (Wildman–Crippen MR) is 67.2 cm³/mol. The van der Waals surface area contributed by atoms with Crippen LogP contribution >= 0.6 is 0 Å². The highest BCUT2D eigenvalue weighted by Gasteiger charge is 2.05. The molecule has 0 aliphatic heterocycles. The Morgan fingerprint density at radius 3 is 3.00 bits per heavy atom. The van der Waals surface area contributed by atoms with Crippen LogP contribution in [0.2, 0.25) is 0 Å². The van der Waals surface area contributed by atoms with Crippen molar-refractivity contribution in [3.05, 3.63) is 36.0 Å². The smallest absolute Gasteiger partial charge is 0.305 e. The lowest BCUT2D eigenvalue weighted by molar-refractivity contribution is -0.136. The molecule has 1 heterocycles. The van der Waals surface area contributed by atoms with E-state index in [1.807, 2.05) is 31.2 Å². The van der Waals surface area contributed by atoms with Gasteiger partial charge in [0, 0.05) is 18.1 Å². The number of anilines is 1. The van der Waals surface area contributed by atoms with Gasteiger partial charge in [0.2, 0.25) is 0 Å². The molecule has 0 atom stereocenters. The number of aromatic nitrogens is 1. The third kappa shape index (κ3) is 2.53. The minimum Gasteiger partial charge on any atom is -0.481 e. The van der Waals surface area contributed by atoms with Crippen molar-refractivity contribution in [2.75, 3.05) is 11.9 Å². The standard InChI is InChI=1S/C13H14N2O2/c1-9-3-2-4-10-5-7-14-13(12(9)10)15-8-6-11(16)17/h2-5,7H,6,8H2,1H3,(H,14,15)(H,16,17). The Bertz CT molecular complexity index is 547. The van der Waals surface area contributed by atoms with Gasteiger partial charge in [0.25, 0.3) is 0 Å². The first-order valence-electron chi connectivity index (χ1n) is 5.48. The third-order valence-electron chi connectivity index (χ3n) is 2.63. The average Bonchev–Trinajstić information content (AvgIpc) is 2.29. The van der Waals surface area contributed by atoms with Crippen LogP contribution in [0.1, 0.15) is 12.0 Å². The number of benzene rings is 1. The molecule has 0 saturated heterocycles. The molecule has 0 fully saturated rings. The summed E-state index contributed by atoms with van der Waals surface area (Å²) >= 11 is 0. The molecule has 0 spiro atoms. The molecule has 0 bridgehead atoms. The zero-order valence-electron chi connectivity index (χ0n) is 9.60. The number of rotatable bonds is 4. The van der Waals surface area contributed by atoms with Gasteiger partial charge >= 0.3 is 5.97 Å². The Morgan fingerprint density at radius 1 is 1.41 bits per heavy atom. The first-order valence-corrected chi connectivity index (χ1v) is 5.48. The van der Waals surface area contributed by atoms with Gasteiger partial charge in [-0.15, -0.1) is 0 Å². The number of carboxylic acids is 1. The molecule has 0 radical (unpaired) electrons. The van der Waals surface area contributed by atoms with Crippen molar-refractivity contribution in [3.8, 4) is 0 Å². The number of fused-ring (bicyclic) bond motifs is 1. The number of nitrogens with zero attached hydrogens (tertiary/aromatic N) is 1. The van der Waals surface area contributed by atoms with Crippen molar-refractivity contribution in [1.29, 1.82) is 0 Å². The van der Waals surface area contributed by atoms with Crippen LogP contribution < -0.4 is 5.32 Å². The normalized spacial score (nSPS) is 10.4. The van der Waals surface area contributed by atoms with E-state index >= 15 is 0 Å². The highest BCUT2D eigenvalue weighted by Crippen LogP contribution is 2.24. The minimum absolute atomic E-state index is 0.0873. The van der Waals surface area contributed by atoms with Gasteiger partial charge < -0.3 is 10.4 Å². The van der Waals surface area contributed by atoms with Crippen molar-refractivity contribution >= 4 is 22.6 Å². The molecule has 1 aromatic heterocycles. The van der Waals surface area contributed by atoms with Crippen LogP contribution in [-0.4, -0.2) is 22.6 Å². The summed E-state index contributed by atoms with van der Waals surface area (Å²) in [4.78, 5) is 14.7. The van der Waals surface area contributed by atoms with Gasteiger partial charge in [0.05, 0.1) is 6.42 Å². The number of nitrogens with one attached hydrogen (secondary N) is 1. The lowest BCUT2D eigenvalue weighted by Gasteiger charge is -2.09. The Hall–Kier alpha value is -2.10. The summed E-state index contributed by atoms with van der Waals surface area (Å²) in [5.74, 6) is -0.0590. The maximum Gasteiger partial charge on any atom is 0.305 e. The fourth-order valence-electron chi connectivity index (χ4n) is 1.83. The molecule has 0 unspecified atom stereocenters. The van der Waals surface area contributed by atoms with Gasteiger partial charge in [0.15, 0.2) is 0 Å². The van der Waals surface area contributed by atoms with Crippen LogP contribution in [0.4, 0.5) is 5.82 Å². The molecule has 0 aliphatic rings. The van der Waals surface area contributed by atoms with Crippen LogP contribution in [0.25, 0.3) is 10.8 Å². The van der Waals surface area contributed by atoms with E-state index in [0.29, 0.717) is 6.54 Å². The molecule has 0 amide bonds. The van der Waals surface area contributed by atoms with Crippen LogP contribution in [-0.2, 0) is 4.79 Å². The molecule has 88 valence electrons. The highest BCUT2D eigenvalue weighted by molar-refractivity contribution is 5.94. The maximum atomic E-state index is 10.5. The summed E-state index contributed by atoms with van der Waals surface area (Å²) in [6, 6.07) is 7.99. The van der Waals surface area contributed by atoms with E-state index in [4.69, 9.17) is 5.11 Å². The molecule has 0 aliphatic carbocycles. The Kier molecular flexibility index (Phi) is 3.23. The zero-order valence-corrected chi connectivity index (χ0v) is 9.60. The molecule has 17 heavy (non-hydrogen) atoms. The Balaban J connectivity index is 2.30. The van der Waals surface area contributed by atoms with Gasteiger partial charge in [-0.25, -0.2) is 4.98 Å². The topological polar surface area (TPSA) is 62.2 Å². The molecule has 0 saturated carbocycles. The van der Waals surface area contributed by atoms with Gasteiger partial charge in [0.1, 0.15) is 5.82 Å². The number of hydrogen-bond acceptors (Lipinski definition) is 3. The number of carbonyl (C=O) groups is 1. The van der Waals surface area contributed by atoms with Crippen LogP contribution in [0.3, 0.4) is 0 Å². The van der Waals surface area contributed by atoms with E-state index in [1.54, 1.807) is 6.20 Å². The Labute approximate surface area is 99.3 Å². The number of carboxylic acid groups (broad SMARTS) is 1. The summed E-state index contributed by atoms with van der Waals surface area (Å²) in [6.07, 6.45) is 1.81. The molecular formula is C13H14N2O2. The predicted octanol–water partition coefficient (Wildman–Crippen LogP) is 2.43. The van der Waals surface area contributed by atoms with Crippen LogP contribution in [0, 0.1) is 6.92 Å². The molecular weight excluding hydrogens is 216 g/mol. The average molecular weight is 230 g/mol. The van der Waals surface area contributed by atoms with E-state index in [2.05, 4.69) is 10.3 Å². The summed E-state index contributed by atoms with van der Waals surface area (Å²) in [6.45, 7) is 2.40. The van der Waals surface area contributed by atoms with E-state index in [-0.39, 0.29) is 6.42 Å². The van der Waals surface area contributed by atoms with E-state index in [1.165, 1.54) is 0 Å². The Morgan fingerprint density at radius 2 is 2.24 bits per heavy atom. The number of pyridine rings is 1. The second-order valence-electron chi connectivity index (χ2n) is 3.90. The highest BCUT2D eigenvalue weighted by atomic mass is 16.4. The first kappa shape index (κ1) is 11.4. The lowest BCUT2D eigenvalue weighted by atomic mass is 10.1. The monoisotopic (exact) mass is 230 g/mol. The summed E-state index contributed by atoms with van der Waals surface area (Å²) in [5.41, 5.74) is 1.13. The third-order valence-corrected chi connectivity index (χ3v) is 2.63. The second kappa shape index (κ2) is 4.82.